The molecule has 0 atom stereocenters. The van der Waals surface area contributed by atoms with Crippen molar-refractivity contribution in [2.75, 3.05) is 0 Å². The molecule has 0 bridgehead atoms. The Morgan fingerprint density at radius 2 is 2.12 bits per heavy atom. The maximum absolute atomic E-state index is 13.4. The third-order valence-electron chi connectivity index (χ3n) is 2.35. The number of nitrogens with one attached hydrogen (secondary N) is 1. The molecule has 0 saturated heterocycles. The third kappa shape index (κ3) is 1.89. The van der Waals surface area contributed by atoms with Crippen molar-refractivity contribution in [1.29, 1.82) is 0 Å². The summed E-state index contributed by atoms with van der Waals surface area (Å²) in [5, 5.41) is 0.0471. The molecule has 0 unspecified atom stereocenters. The van der Waals surface area contributed by atoms with Gasteiger partial charge in [-0.15, -0.1) is 0 Å². The van der Waals surface area contributed by atoms with Crippen molar-refractivity contribution in [3.05, 3.63) is 44.9 Å². The van der Waals surface area contributed by atoms with Crippen LogP contribution in [0.15, 0.2) is 27.8 Å². The number of nitrogens with zero attached hydrogens (tertiary/aromatic N) is 1. The second-order valence-electron chi connectivity index (χ2n) is 3.69. The number of ketones is 1. The fraction of sp³-hybridized carbons (Fsp3) is 0.182. The van der Waals surface area contributed by atoms with Gasteiger partial charge in [-0.05, 0) is 19.1 Å². The molecule has 0 aliphatic carbocycles. The van der Waals surface area contributed by atoms with E-state index < -0.39 is 17.1 Å². The third-order valence-corrected chi connectivity index (χ3v) is 2.35. The van der Waals surface area contributed by atoms with E-state index in [0.29, 0.717) is 0 Å². The van der Waals surface area contributed by atoms with E-state index in [2.05, 4.69) is 4.98 Å². The summed E-state index contributed by atoms with van der Waals surface area (Å²) >= 11 is 0. The van der Waals surface area contributed by atoms with Crippen LogP contribution in [0.4, 0.5) is 4.39 Å². The van der Waals surface area contributed by atoms with Crippen LogP contribution in [0.25, 0.3) is 10.9 Å². The molecular weight excluding hydrogens is 227 g/mol. The highest BCUT2D eigenvalue weighted by atomic mass is 19.1. The Balaban J connectivity index is 2.86. The van der Waals surface area contributed by atoms with E-state index in [1.165, 1.54) is 19.1 Å². The van der Waals surface area contributed by atoms with Crippen LogP contribution in [0, 0.1) is 5.82 Å². The molecular formula is C11H9FN2O3. The molecule has 17 heavy (non-hydrogen) atoms. The zero-order chi connectivity index (χ0) is 12.6. The summed E-state index contributed by atoms with van der Waals surface area (Å²) < 4.78 is 14.1. The summed E-state index contributed by atoms with van der Waals surface area (Å²) in [5.74, 6) is -1.000. The molecule has 2 aromatic rings. The van der Waals surface area contributed by atoms with Gasteiger partial charge >= 0.3 is 5.69 Å². The van der Waals surface area contributed by atoms with Crippen molar-refractivity contribution in [3.63, 3.8) is 0 Å². The highest BCUT2D eigenvalue weighted by Gasteiger charge is 2.11. The van der Waals surface area contributed by atoms with E-state index in [0.717, 1.165) is 10.6 Å². The average molecular weight is 236 g/mol. The summed E-state index contributed by atoms with van der Waals surface area (Å²) in [4.78, 5) is 36.6. The number of aromatic amines is 1. The van der Waals surface area contributed by atoms with Gasteiger partial charge in [-0.3, -0.25) is 14.2 Å². The lowest BCUT2D eigenvalue weighted by atomic mass is 10.2. The molecule has 2 rings (SSSR count). The normalized spacial score (nSPS) is 10.7. The molecule has 1 heterocycles. The van der Waals surface area contributed by atoms with Crippen LogP contribution < -0.4 is 11.2 Å². The highest BCUT2D eigenvalue weighted by Crippen LogP contribution is 2.09. The Bertz CT molecular complexity index is 715. The Morgan fingerprint density at radius 1 is 1.41 bits per heavy atom. The minimum atomic E-state index is -0.789. The van der Waals surface area contributed by atoms with Gasteiger partial charge in [0.05, 0.1) is 17.4 Å². The average Bonchev–Trinajstić information content (AvgIpc) is 2.26. The van der Waals surface area contributed by atoms with Crippen molar-refractivity contribution < 1.29 is 9.18 Å². The van der Waals surface area contributed by atoms with Crippen LogP contribution in [0.1, 0.15) is 6.92 Å². The summed E-state index contributed by atoms with van der Waals surface area (Å²) in [6.45, 7) is 0.947. The first-order chi connectivity index (χ1) is 8.00. The van der Waals surface area contributed by atoms with Crippen molar-refractivity contribution >= 4 is 16.7 Å². The van der Waals surface area contributed by atoms with Gasteiger partial charge in [0.15, 0.2) is 0 Å². The van der Waals surface area contributed by atoms with Crippen molar-refractivity contribution in [3.8, 4) is 0 Å². The highest BCUT2D eigenvalue weighted by molar-refractivity contribution is 5.79. The monoisotopic (exact) mass is 236 g/mol. The van der Waals surface area contributed by atoms with E-state index >= 15 is 0 Å². The molecule has 0 aliphatic rings. The maximum Gasteiger partial charge on any atom is 0.329 e. The molecule has 0 spiro atoms. The Kier molecular flexibility index (Phi) is 2.63. The van der Waals surface area contributed by atoms with Crippen LogP contribution in [-0.4, -0.2) is 15.3 Å². The number of H-pyrrole nitrogens is 1. The number of benzene rings is 1. The number of carbonyl (C=O) groups excluding carboxylic acids is 1. The fourth-order valence-electron chi connectivity index (χ4n) is 1.61. The lowest BCUT2D eigenvalue weighted by Crippen LogP contribution is -2.37. The molecule has 0 amide bonds. The molecule has 1 N–H and O–H groups in total. The van der Waals surface area contributed by atoms with Gasteiger partial charge in [-0.1, -0.05) is 6.07 Å². The van der Waals surface area contributed by atoms with Gasteiger partial charge in [0, 0.05) is 0 Å². The number of fused-ring (bicyclic) bond motifs is 1. The molecule has 6 heteroatoms. The predicted molar refractivity (Wildman–Crippen MR) is 59.5 cm³/mol. The number of aromatic nitrogens is 2. The minimum absolute atomic E-state index is 0.0471. The molecule has 1 aromatic carbocycles. The van der Waals surface area contributed by atoms with E-state index in [-0.39, 0.29) is 23.2 Å². The largest absolute Gasteiger partial charge is 0.329 e. The fourth-order valence-corrected chi connectivity index (χ4v) is 1.61. The standard InChI is InChI=1S/C11H9FN2O3/c1-6(15)5-14-10(16)7-3-2-4-8(12)9(7)13-11(14)17/h2-4H,5H2,1H3,(H,13,17). The van der Waals surface area contributed by atoms with Crippen LogP contribution in [0.3, 0.4) is 0 Å². The number of Topliss-reactive ketones (excluding diaryl/α,β-unsaturated/α-hetero) is 1. The molecule has 1 aromatic heterocycles. The smallest absolute Gasteiger partial charge is 0.304 e. The zero-order valence-corrected chi connectivity index (χ0v) is 8.99. The van der Waals surface area contributed by atoms with Gasteiger partial charge < -0.3 is 4.98 Å². The first-order valence-corrected chi connectivity index (χ1v) is 4.91. The van der Waals surface area contributed by atoms with Gasteiger partial charge in [0.2, 0.25) is 0 Å². The zero-order valence-electron chi connectivity index (χ0n) is 8.99. The maximum atomic E-state index is 13.4. The van der Waals surface area contributed by atoms with Crippen LogP contribution in [0.2, 0.25) is 0 Å². The minimum Gasteiger partial charge on any atom is -0.304 e. The van der Waals surface area contributed by atoms with Crippen molar-refractivity contribution in [1.82, 2.24) is 9.55 Å². The number of hydrogen-bond donors (Lipinski definition) is 1. The van der Waals surface area contributed by atoms with Gasteiger partial charge in [-0.25, -0.2) is 9.18 Å². The first-order valence-electron chi connectivity index (χ1n) is 4.91. The number of carbonyl (C=O) groups is 1. The topological polar surface area (TPSA) is 71.9 Å². The van der Waals surface area contributed by atoms with E-state index in [1.54, 1.807) is 0 Å². The van der Waals surface area contributed by atoms with E-state index in [4.69, 9.17) is 0 Å². The quantitative estimate of drug-likeness (QED) is 0.821. The molecule has 5 nitrogen and oxygen atoms in total. The summed E-state index contributed by atoms with van der Waals surface area (Å²) in [7, 11) is 0. The van der Waals surface area contributed by atoms with E-state index in [9.17, 15) is 18.8 Å². The second kappa shape index (κ2) is 3.97. The second-order valence-corrected chi connectivity index (χ2v) is 3.69. The molecule has 0 fully saturated rings. The van der Waals surface area contributed by atoms with Crippen LogP contribution >= 0.6 is 0 Å². The van der Waals surface area contributed by atoms with Crippen molar-refractivity contribution in [2.24, 2.45) is 0 Å². The molecule has 0 aliphatic heterocycles. The van der Waals surface area contributed by atoms with Gasteiger partial charge in [-0.2, -0.15) is 0 Å². The predicted octanol–water partition coefficient (Wildman–Crippen LogP) is 0.418. The summed E-state index contributed by atoms with van der Waals surface area (Å²) in [6.07, 6.45) is 0. The molecule has 0 radical (unpaired) electrons. The number of halogens is 1. The molecule has 0 saturated carbocycles. The summed E-state index contributed by atoms with van der Waals surface area (Å²) in [6, 6.07) is 3.91. The molecule has 88 valence electrons. The van der Waals surface area contributed by atoms with Crippen LogP contribution in [-0.2, 0) is 11.3 Å². The lowest BCUT2D eigenvalue weighted by molar-refractivity contribution is -0.117. The van der Waals surface area contributed by atoms with Crippen molar-refractivity contribution in [2.45, 2.75) is 13.5 Å². The number of hydrogen-bond acceptors (Lipinski definition) is 3. The van der Waals surface area contributed by atoms with Crippen LogP contribution in [0.5, 0.6) is 0 Å². The number of rotatable bonds is 2. The Morgan fingerprint density at radius 3 is 2.76 bits per heavy atom. The summed E-state index contributed by atoms with van der Waals surface area (Å²) in [5.41, 5.74) is -1.59. The van der Waals surface area contributed by atoms with Gasteiger partial charge in [0.25, 0.3) is 5.56 Å². The Hall–Kier alpha value is -2.24. The SMILES string of the molecule is CC(=O)Cn1c(=O)[nH]c2c(F)cccc2c1=O. The first kappa shape index (κ1) is 11.3. The number of para-hydroxylation sites is 1. The van der Waals surface area contributed by atoms with Gasteiger partial charge in [0.1, 0.15) is 11.6 Å². The van der Waals surface area contributed by atoms with E-state index in [1.807, 2.05) is 0 Å². The lowest BCUT2D eigenvalue weighted by Gasteiger charge is -2.04. The Labute approximate surface area is 94.5 Å².